The monoisotopic (exact) mass is 300 g/mol. The van der Waals surface area contributed by atoms with E-state index in [2.05, 4.69) is 10.5 Å². The van der Waals surface area contributed by atoms with Crippen LogP contribution in [-0.2, 0) is 0 Å². The van der Waals surface area contributed by atoms with Gasteiger partial charge in [-0.3, -0.25) is 4.79 Å². The molecular formula is C16H16N2O4. The standard InChI is InChI=1S/C16H16N2O4/c1-9-3-5-12(10(2)7-9)16(22)18-17-8-11-4-6-13(19)15(21)14(11)20/h3-8,19-21H,1-2H3,(H,18,22)/b17-8+. The van der Waals surface area contributed by atoms with E-state index in [1.807, 2.05) is 26.0 Å². The number of benzene rings is 2. The van der Waals surface area contributed by atoms with Crippen molar-refractivity contribution in [1.82, 2.24) is 5.43 Å². The van der Waals surface area contributed by atoms with Gasteiger partial charge < -0.3 is 15.3 Å². The van der Waals surface area contributed by atoms with Gasteiger partial charge in [0, 0.05) is 11.1 Å². The number of carbonyl (C=O) groups excluding carboxylic acids is 1. The van der Waals surface area contributed by atoms with Crippen molar-refractivity contribution < 1.29 is 20.1 Å². The van der Waals surface area contributed by atoms with Gasteiger partial charge in [0.1, 0.15) is 0 Å². The minimum Gasteiger partial charge on any atom is -0.504 e. The Morgan fingerprint density at radius 1 is 1.09 bits per heavy atom. The molecule has 0 aliphatic rings. The second kappa shape index (κ2) is 6.17. The molecule has 0 heterocycles. The maximum absolute atomic E-state index is 12.0. The van der Waals surface area contributed by atoms with Gasteiger partial charge in [-0.25, -0.2) is 5.43 Å². The molecule has 0 aliphatic carbocycles. The number of aryl methyl sites for hydroxylation is 2. The lowest BCUT2D eigenvalue weighted by atomic mass is 10.1. The Labute approximate surface area is 127 Å². The SMILES string of the molecule is Cc1ccc(C(=O)N/N=C/c2ccc(O)c(O)c2O)c(C)c1. The number of aromatic hydroxyl groups is 3. The highest BCUT2D eigenvalue weighted by Crippen LogP contribution is 2.36. The Hall–Kier alpha value is -3.02. The number of hydrazone groups is 1. The predicted octanol–water partition coefficient (Wildman–Crippen LogP) is 2.18. The highest BCUT2D eigenvalue weighted by atomic mass is 16.3. The van der Waals surface area contributed by atoms with Crippen molar-refractivity contribution in [2.45, 2.75) is 13.8 Å². The van der Waals surface area contributed by atoms with Crippen LogP contribution >= 0.6 is 0 Å². The van der Waals surface area contributed by atoms with E-state index >= 15 is 0 Å². The number of carbonyl (C=O) groups is 1. The molecule has 0 spiro atoms. The third-order valence-electron chi connectivity index (χ3n) is 3.16. The molecule has 0 fully saturated rings. The first-order valence-electron chi connectivity index (χ1n) is 6.54. The summed E-state index contributed by atoms with van der Waals surface area (Å²) in [6, 6.07) is 8.00. The molecule has 1 amide bonds. The van der Waals surface area contributed by atoms with Crippen LogP contribution in [0, 0.1) is 13.8 Å². The molecule has 22 heavy (non-hydrogen) atoms. The zero-order valence-corrected chi connectivity index (χ0v) is 12.2. The van der Waals surface area contributed by atoms with Crippen LogP contribution in [0.1, 0.15) is 27.0 Å². The van der Waals surface area contributed by atoms with Crippen LogP contribution in [-0.4, -0.2) is 27.4 Å². The second-order valence-electron chi connectivity index (χ2n) is 4.89. The highest BCUT2D eigenvalue weighted by molar-refractivity contribution is 5.96. The Morgan fingerprint density at radius 2 is 1.82 bits per heavy atom. The van der Waals surface area contributed by atoms with E-state index in [0.29, 0.717) is 5.56 Å². The summed E-state index contributed by atoms with van der Waals surface area (Å²) in [5, 5.41) is 32.0. The van der Waals surface area contributed by atoms with Crippen LogP contribution in [0.4, 0.5) is 0 Å². The van der Waals surface area contributed by atoms with Crippen LogP contribution < -0.4 is 5.43 Å². The lowest BCUT2D eigenvalue weighted by Crippen LogP contribution is -2.18. The molecule has 0 atom stereocenters. The molecule has 0 aromatic heterocycles. The summed E-state index contributed by atoms with van der Waals surface area (Å²) in [7, 11) is 0. The molecule has 114 valence electrons. The molecule has 6 nitrogen and oxygen atoms in total. The largest absolute Gasteiger partial charge is 0.504 e. The molecule has 0 unspecified atom stereocenters. The summed E-state index contributed by atoms with van der Waals surface area (Å²) in [6.07, 6.45) is 1.18. The van der Waals surface area contributed by atoms with Crippen molar-refractivity contribution in [3.63, 3.8) is 0 Å². The predicted molar refractivity (Wildman–Crippen MR) is 82.4 cm³/mol. The van der Waals surface area contributed by atoms with Crippen LogP contribution in [0.5, 0.6) is 17.2 Å². The number of hydrogen-bond acceptors (Lipinski definition) is 5. The number of nitrogens with zero attached hydrogens (tertiary/aromatic N) is 1. The molecule has 6 heteroatoms. The minimum atomic E-state index is -0.635. The normalized spacial score (nSPS) is 10.8. The van der Waals surface area contributed by atoms with E-state index in [1.165, 1.54) is 18.3 Å². The van der Waals surface area contributed by atoms with Gasteiger partial charge in [-0.2, -0.15) is 5.10 Å². The van der Waals surface area contributed by atoms with Gasteiger partial charge in [0.25, 0.3) is 5.91 Å². The first-order chi connectivity index (χ1) is 10.4. The van der Waals surface area contributed by atoms with Gasteiger partial charge in [-0.15, -0.1) is 0 Å². The van der Waals surface area contributed by atoms with Gasteiger partial charge in [0.2, 0.25) is 5.75 Å². The van der Waals surface area contributed by atoms with Crippen molar-refractivity contribution in [3.8, 4) is 17.2 Å². The van der Waals surface area contributed by atoms with Gasteiger partial charge in [-0.1, -0.05) is 17.7 Å². The summed E-state index contributed by atoms with van der Waals surface area (Å²) in [6.45, 7) is 3.77. The smallest absolute Gasteiger partial charge is 0.271 e. The van der Waals surface area contributed by atoms with E-state index in [9.17, 15) is 20.1 Å². The summed E-state index contributed by atoms with van der Waals surface area (Å²) >= 11 is 0. The fraction of sp³-hybridized carbons (Fsp3) is 0.125. The van der Waals surface area contributed by atoms with Crippen LogP contribution in [0.25, 0.3) is 0 Å². The molecule has 0 saturated heterocycles. The molecule has 2 aromatic carbocycles. The average molecular weight is 300 g/mol. The number of rotatable bonds is 3. The molecule has 4 N–H and O–H groups in total. The van der Waals surface area contributed by atoms with Gasteiger partial charge in [0.05, 0.1) is 6.21 Å². The van der Waals surface area contributed by atoms with Gasteiger partial charge in [0.15, 0.2) is 11.5 Å². The Bertz CT molecular complexity index is 754. The Balaban J connectivity index is 2.12. The van der Waals surface area contributed by atoms with Crippen molar-refractivity contribution in [1.29, 1.82) is 0 Å². The summed E-state index contributed by atoms with van der Waals surface area (Å²) in [5.41, 5.74) is 4.90. The molecule has 0 aliphatic heterocycles. The number of phenolic OH excluding ortho intramolecular Hbond substituents is 3. The fourth-order valence-electron chi connectivity index (χ4n) is 1.98. The Kier molecular flexibility index (Phi) is 4.31. The molecule has 0 bridgehead atoms. The molecule has 0 saturated carbocycles. The maximum atomic E-state index is 12.0. The van der Waals surface area contributed by atoms with Crippen molar-refractivity contribution >= 4 is 12.1 Å². The van der Waals surface area contributed by atoms with Crippen LogP contribution in [0.3, 0.4) is 0 Å². The molecule has 2 rings (SSSR count). The van der Waals surface area contributed by atoms with Crippen molar-refractivity contribution in [3.05, 3.63) is 52.6 Å². The van der Waals surface area contributed by atoms with E-state index < -0.39 is 17.2 Å². The third kappa shape index (κ3) is 3.17. The average Bonchev–Trinajstić information content (AvgIpc) is 2.47. The number of hydrogen-bond donors (Lipinski definition) is 4. The van der Waals surface area contributed by atoms with E-state index in [0.717, 1.165) is 11.1 Å². The fourth-order valence-corrected chi connectivity index (χ4v) is 1.98. The third-order valence-corrected chi connectivity index (χ3v) is 3.16. The number of amides is 1. The van der Waals surface area contributed by atoms with E-state index in [-0.39, 0.29) is 11.5 Å². The number of phenols is 3. The maximum Gasteiger partial charge on any atom is 0.271 e. The highest BCUT2D eigenvalue weighted by Gasteiger charge is 2.10. The van der Waals surface area contributed by atoms with Crippen LogP contribution in [0.15, 0.2) is 35.4 Å². The minimum absolute atomic E-state index is 0.163. The van der Waals surface area contributed by atoms with Crippen LogP contribution in [0.2, 0.25) is 0 Å². The van der Waals surface area contributed by atoms with Gasteiger partial charge in [-0.05, 0) is 37.6 Å². The van der Waals surface area contributed by atoms with Crippen molar-refractivity contribution in [2.24, 2.45) is 5.10 Å². The van der Waals surface area contributed by atoms with E-state index in [1.54, 1.807) is 6.07 Å². The number of nitrogens with one attached hydrogen (secondary N) is 1. The van der Waals surface area contributed by atoms with E-state index in [4.69, 9.17) is 0 Å². The summed E-state index contributed by atoms with van der Waals surface area (Å²) in [4.78, 5) is 12.0. The summed E-state index contributed by atoms with van der Waals surface area (Å²) in [5.74, 6) is -1.96. The Morgan fingerprint density at radius 3 is 2.50 bits per heavy atom. The molecule has 0 radical (unpaired) electrons. The molecule has 2 aromatic rings. The lowest BCUT2D eigenvalue weighted by Gasteiger charge is -2.05. The lowest BCUT2D eigenvalue weighted by molar-refractivity contribution is 0.0954. The first-order valence-corrected chi connectivity index (χ1v) is 6.54. The first kappa shape index (κ1) is 15.4. The van der Waals surface area contributed by atoms with Crippen molar-refractivity contribution in [2.75, 3.05) is 0 Å². The molecular weight excluding hydrogens is 284 g/mol. The van der Waals surface area contributed by atoms with Gasteiger partial charge >= 0.3 is 0 Å². The second-order valence-corrected chi connectivity index (χ2v) is 4.89. The topological polar surface area (TPSA) is 102 Å². The quantitative estimate of drug-likeness (QED) is 0.396. The zero-order chi connectivity index (χ0) is 16.3. The summed E-state index contributed by atoms with van der Waals surface area (Å²) < 4.78 is 0. The zero-order valence-electron chi connectivity index (χ0n) is 12.2.